The molecule has 0 heterocycles. The Balaban J connectivity index is 2.45. The average molecular weight is 332 g/mol. The normalized spacial score (nSPS) is 12.7. The first-order valence-corrected chi connectivity index (χ1v) is 6.79. The van der Waals surface area contributed by atoms with Gasteiger partial charge in [-0.05, 0) is 31.2 Å². The maximum absolute atomic E-state index is 13.5. The van der Waals surface area contributed by atoms with Crippen LogP contribution in [0.25, 0.3) is 0 Å². The summed E-state index contributed by atoms with van der Waals surface area (Å²) in [5, 5.41) is 14.8. The molecule has 0 aliphatic rings. The predicted octanol–water partition coefficient (Wildman–Crippen LogP) is 2.84. The summed E-state index contributed by atoms with van der Waals surface area (Å²) in [6.07, 6.45) is 0.693. The molecule has 19 heavy (non-hydrogen) atoms. The minimum atomic E-state index is -0.391. The summed E-state index contributed by atoms with van der Waals surface area (Å²) in [7, 11) is 0. The molecule has 1 aromatic rings. The van der Waals surface area contributed by atoms with Gasteiger partial charge >= 0.3 is 0 Å². The third kappa shape index (κ3) is 4.80. The number of benzene rings is 1. The highest BCUT2D eigenvalue weighted by Crippen LogP contribution is 2.20. The van der Waals surface area contributed by atoms with E-state index in [4.69, 9.17) is 10.9 Å². The first kappa shape index (κ1) is 15.9. The van der Waals surface area contributed by atoms with Gasteiger partial charge in [0, 0.05) is 22.0 Å². The third-order valence-electron chi connectivity index (χ3n) is 3.05. The van der Waals surface area contributed by atoms with Crippen molar-refractivity contribution in [2.24, 2.45) is 16.3 Å². The van der Waals surface area contributed by atoms with Gasteiger partial charge in [0.05, 0.1) is 0 Å². The molecule has 0 bridgehead atoms. The molecule has 4 N–H and O–H groups in total. The van der Waals surface area contributed by atoms with Crippen molar-refractivity contribution in [3.05, 3.63) is 34.1 Å². The van der Waals surface area contributed by atoms with E-state index in [1.165, 1.54) is 6.07 Å². The van der Waals surface area contributed by atoms with Crippen LogP contribution in [0.15, 0.2) is 27.8 Å². The van der Waals surface area contributed by atoms with Crippen molar-refractivity contribution in [1.82, 2.24) is 5.32 Å². The van der Waals surface area contributed by atoms with Gasteiger partial charge in [-0.2, -0.15) is 0 Å². The second-order valence-electron chi connectivity index (χ2n) is 5.03. The zero-order valence-corrected chi connectivity index (χ0v) is 12.7. The summed E-state index contributed by atoms with van der Waals surface area (Å²) in [5.41, 5.74) is 5.81. The molecule has 4 nitrogen and oxygen atoms in total. The van der Waals surface area contributed by atoms with Crippen LogP contribution in [-0.4, -0.2) is 17.6 Å². The molecular formula is C13H19BrFN3O. The van der Waals surface area contributed by atoms with Crippen LogP contribution >= 0.6 is 15.9 Å². The van der Waals surface area contributed by atoms with Gasteiger partial charge in [0.2, 0.25) is 0 Å². The molecule has 106 valence electrons. The summed E-state index contributed by atoms with van der Waals surface area (Å²) in [4.78, 5) is 0. The summed E-state index contributed by atoms with van der Waals surface area (Å²) in [6, 6.07) is 4.85. The molecule has 6 heteroatoms. The van der Waals surface area contributed by atoms with Gasteiger partial charge < -0.3 is 16.3 Å². The molecule has 0 atom stereocenters. The zero-order valence-electron chi connectivity index (χ0n) is 11.1. The number of nitrogens with one attached hydrogen (secondary N) is 1. The summed E-state index contributed by atoms with van der Waals surface area (Å²) < 4.78 is 14.3. The predicted molar refractivity (Wildman–Crippen MR) is 77.6 cm³/mol. The lowest BCUT2D eigenvalue weighted by Crippen LogP contribution is -2.34. The van der Waals surface area contributed by atoms with E-state index in [2.05, 4.69) is 26.4 Å². The molecule has 0 aliphatic heterocycles. The van der Waals surface area contributed by atoms with Crippen molar-refractivity contribution in [3.8, 4) is 0 Å². The minimum absolute atomic E-state index is 0.197. The molecule has 1 rings (SSSR count). The van der Waals surface area contributed by atoms with Crippen LogP contribution in [0.5, 0.6) is 0 Å². The highest BCUT2D eigenvalue weighted by Gasteiger charge is 2.22. The summed E-state index contributed by atoms with van der Waals surface area (Å²) >= 11 is 3.31. The van der Waals surface area contributed by atoms with Crippen LogP contribution in [0, 0.1) is 11.2 Å². The second kappa shape index (κ2) is 6.86. The maximum atomic E-state index is 13.5. The van der Waals surface area contributed by atoms with Gasteiger partial charge in [0.1, 0.15) is 11.7 Å². The molecule has 1 aromatic carbocycles. The number of nitrogens with zero attached hydrogens (tertiary/aromatic N) is 1. The number of nitrogens with two attached hydrogens (primary N) is 1. The Kier molecular flexibility index (Phi) is 5.75. The van der Waals surface area contributed by atoms with Crippen molar-refractivity contribution in [2.45, 2.75) is 26.8 Å². The van der Waals surface area contributed by atoms with Gasteiger partial charge in [-0.1, -0.05) is 34.9 Å². The van der Waals surface area contributed by atoms with E-state index in [9.17, 15) is 4.39 Å². The summed E-state index contributed by atoms with van der Waals surface area (Å²) in [5.74, 6) is -0.0330. The SMILES string of the molecule is CC(C)(CCNCc1cc(Br)ccc1F)C(N)=NO. The van der Waals surface area contributed by atoms with Crippen LogP contribution < -0.4 is 11.1 Å². The molecule has 0 spiro atoms. The second-order valence-corrected chi connectivity index (χ2v) is 5.95. The standard InChI is InChI=1S/C13H19BrFN3O/c1-13(2,12(16)18-19)5-6-17-8-9-7-10(14)3-4-11(9)15/h3-4,7,17,19H,5-6,8H2,1-2H3,(H2,16,18). The average Bonchev–Trinajstić information content (AvgIpc) is 2.37. The minimum Gasteiger partial charge on any atom is -0.409 e. The van der Waals surface area contributed by atoms with Crippen LogP contribution in [-0.2, 0) is 6.54 Å². The van der Waals surface area contributed by atoms with Crippen molar-refractivity contribution < 1.29 is 9.60 Å². The van der Waals surface area contributed by atoms with Crippen molar-refractivity contribution >= 4 is 21.8 Å². The Bertz CT molecular complexity index is 463. The van der Waals surface area contributed by atoms with Crippen molar-refractivity contribution in [2.75, 3.05) is 6.54 Å². The van der Waals surface area contributed by atoms with Gasteiger partial charge in [0.25, 0.3) is 0 Å². The molecule has 0 saturated heterocycles. The number of oxime groups is 1. The van der Waals surface area contributed by atoms with Crippen molar-refractivity contribution in [3.63, 3.8) is 0 Å². The van der Waals surface area contributed by atoms with E-state index in [1.807, 2.05) is 13.8 Å². The quantitative estimate of drug-likeness (QED) is 0.247. The van der Waals surface area contributed by atoms with Crippen LogP contribution in [0.2, 0.25) is 0 Å². The Hall–Kier alpha value is -1.14. The van der Waals surface area contributed by atoms with E-state index >= 15 is 0 Å². The lowest BCUT2D eigenvalue weighted by molar-refractivity contribution is 0.305. The molecule has 0 fully saturated rings. The largest absolute Gasteiger partial charge is 0.409 e. The highest BCUT2D eigenvalue weighted by atomic mass is 79.9. The number of rotatable bonds is 6. The first-order chi connectivity index (χ1) is 8.86. The lowest BCUT2D eigenvalue weighted by Gasteiger charge is -2.22. The Morgan fingerprint density at radius 2 is 2.21 bits per heavy atom. The van der Waals surface area contributed by atoms with Gasteiger partial charge in [0.15, 0.2) is 0 Å². The van der Waals surface area contributed by atoms with Gasteiger partial charge in [-0.15, -0.1) is 0 Å². The smallest absolute Gasteiger partial charge is 0.144 e. The van der Waals surface area contributed by atoms with Crippen LogP contribution in [0.1, 0.15) is 25.8 Å². The Morgan fingerprint density at radius 1 is 1.53 bits per heavy atom. The maximum Gasteiger partial charge on any atom is 0.144 e. The monoisotopic (exact) mass is 331 g/mol. The number of halogens is 2. The fourth-order valence-electron chi connectivity index (χ4n) is 1.57. The van der Waals surface area contributed by atoms with Crippen molar-refractivity contribution in [1.29, 1.82) is 0 Å². The molecule has 0 unspecified atom stereocenters. The van der Waals surface area contributed by atoms with E-state index in [0.29, 0.717) is 25.1 Å². The van der Waals surface area contributed by atoms with Gasteiger partial charge in [-0.3, -0.25) is 0 Å². The lowest BCUT2D eigenvalue weighted by atomic mass is 9.88. The highest BCUT2D eigenvalue weighted by molar-refractivity contribution is 9.10. The van der Waals surface area contributed by atoms with E-state index in [1.54, 1.807) is 12.1 Å². The molecule has 0 radical (unpaired) electrons. The van der Waals surface area contributed by atoms with Crippen LogP contribution in [0.4, 0.5) is 4.39 Å². The van der Waals surface area contributed by atoms with E-state index < -0.39 is 5.41 Å². The van der Waals surface area contributed by atoms with Gasteiger partial charge in [-0.25, -0.2) is 4.39 Å². The molecule has 0 aromatic heterocycles. The Labute approximate surface area is 121 Å². The fraction of sp³-hybridized carbons (Fsp3) is 0.462. The number of amidine groups is 1. The molecule has 0 amide bonds. The number of hydrogen-bond acceptors (Lipinski definition) is 3. The van der Waals surface area contributed by atoms with E-state index in [0.717, 1.165) is 4.47 Å². The first-order valence-electron chi connectivity index (χ1n) is 5.99. The summed E-state index contributed by atoms with van der Waals surface area (Å²) in [6.45, 7) is 4.87. The zero-order chi connectivity index (χ0) is 14.5. The fourth-order valence-corrected chi connectivity index (χ4v) is 1.97. The molecular weight excluding hydrogens is 313 g/mol. The topological polar surface area (TPSA) is 70.6 Å². The van der Waals surface area contributed by atoms with Crippen LogP contribution in [0.3, 0.4) is 0 Å². The molecule has 0 aliphatic carbocycles. The number of hydrogen-bond donors (Lipinski definition) is 3. The Morgan fingerprint density at radius 3 is 2.84 bits per heavy atom. The molecule has 0 saturated carbocycles. The van der Waals surface area contributed by atoms with E-state index in [-0.39, 0.29) is 11.7 Å². The third-order valence-corrected chi connectivity index (χ3v) is 3.54.